The van der Waals surface area contributed by atoms with E-state index in [1.807, 2.05) is 31.2 Å². The van der Waals surface area contributed by atoms with Crippen LogP contribution in [-0.4, -0.2) is 22.7 Å². The summed E-state index contributed by atoms with van der Waals surface area (Å²) in [6.45, 7) is 2.60. The van der Waals surface area contributed by atoms with Gasteiger partial charge in [0.25, 0.3) is 0 Å². The van der Waals surface area contributed by atoms with E-state index in [1.165, 1.54) is 6.07 Å². The highest BCUT2D eigenvalue weighted by molar-refractivity contribution is 6.30. The molecular weight excluding hydrogens is 378 g/mol. The molecule has 5 nitrogen and oxygen atoms in total. The van der Waals surface area contributed by atoms with Gasteiger partial charge in [0, 0.05) is 10.6 Å². The first-order valence-electron chi connectivity index (χ1n) is 8.92. The van der Waals surface area contributed by atoms with Crippen molar-refractivity contribution in [3.05, 3.63) is 76.9 Å². The summed E-state index contributed by atoms with van der Waals surface area (Å²) in [4.78, 5) is 16.1. The predicted octanol–water partition coefficient (Wildman–Crippen LogP) is 5.47. The van der Waals surface area contributed by atoms with Crippen molar-refractivity contribution >= 4 is 17.6 Å². The summed E-state index contributed by atoms with van der Waals surface area (Å²) in [6, 6.07) is 17.7. The van der Waals surface area contributed by atoms with Gasteiger partial charge < -0.3 is 14.6 Å². The number of rotatable bonds is 8. The monoisotopic (exact) mass is 397 g/mol. The van der Waals surface area contributed by atoms with E-state index in [0.29, 0.717) is 34.5 Å². The summed E-state index contributed by atoms with van der Waals surface area (Å²) in [6.07, 6.45) is 0.855. The molecule has 1 heterocycles. The number of carbonyl (C=O) groups is 1. The summed E-state index contributed by atoms with van der Waals surface area (Å²) >= 11 is 6.10. The molecule has 2 aromatic carbocycles. The van der Waals surface area contributed by atoms with E-state index in [4.69, 9.17) is 21.1 Å². The van der Waals surface area contributed by atoms with Crippen molar-refractivity contribution in [2.24, 2.45) is 0 Å². The van der Waals surface area contributed by atoms with Gasteiger partial charge in [-0.25, -0.2) is 9.78 Å². The van der Waals surface area contributed by atoms with Crippen molar-refractivity contribution in [3.8, 4) is 22.8 Å². The van der Waals surface area contributed by atoms with Crippen LogP contribution in [0.5, 0.6) is 11.5 Å². The Balaban J connectivity index is 1.96. The minimum absolute atomic E-state index is 0.0399. The number of pyridine rings is 1. The Morgan fingerprint density at radius 1 is 1.07 bits per heavy atom. The molecule has 0 radical (unpaired) electrons. The Hall–Kier alpha value is -3.05. The summed E-state index contributed by atoms with van der Waals surface area (Å²) in [5, 5.41) is 10.1. The van der Waals surface area contributed by atoms with Crippen molar-refractivity contribution < 1.29 is 19.4 Å². The third-order valence-corrected chi connectivity index (χ3v) is 4.24. The Labute approximate surface area is 168 Å². The quantitative estimate of drug-likeness (QED) is 0.546. The Bertz CT molecular complexity index is 960. The van der Waals surface area contributed by atoms with Crippen LogP contribution in [-0.2, 0) is 6.61 Å². The topological polar surface area (TPSA) is 68.7 Å². The van der Waals surface area contributed by atoms with Crippen LogP contribution in [0.4, 0.5) is 0 Å². The van der Waals surface area contributed by atoms with E-state index in [1.54, 1.807) is 30.3 Å². The maximum absolute atomic E-state index is 11.6. The van der Waals surface area contributed by atoms with Crippen LogP contribution in [0.3, 0.4) is 0 Å². The third kappa shape index (κ3) is 4.81. The minimum atomic E-state index is -1.05. The number of benzene rings is 2. The molecule has 0 aliphatic heterocycles. The minimum Gasteiger partial charge on any atom is -0.493 e. The van der Waals surface area contributed by atoms with Crippen LogP contribution in [0.25, 0.3) is 11.3 Å². The second-order valence-electron chi connectivity index (χ2n) is 6.09. The molecule has 0 unspecified atom stereocenters. The fourth-order valence-electron chi connectivity index (χ4n) is 2.66. The summed E-state index contributed by atoms with van der Waals surface area (Å²) in [5.74, 6) is 0.202. The molecule has 0 aliphatic carbocycles. The average molecular weight is 398 g/mol. The van der Waals surface area contributed by atoms with Crippen LogP contribution < -0.4 is 9.47 Å². The SMILES string of the molecule is CCCOc1cc(Cl)ccc1-c1ccc(C(=O)O)c(COc2ccccc2)n1. The van der Waals surface area contributed by atoms with Gasteiger partial charge in [-0.2, -0.15) is 0 Å². The van der Waals surface area contributed by atoms with Crippen LogP contribution in [0, 0.1) is 0 Å². The third-order valence-electron chi connectivity index (χ3n) is 4.00. The Morgan fingerprint density at radius 2 is 1.86 bits per heavy atom. The van der Waals surface area contributed by atoms with E-state index in [9.17, 15) is 9.90 Å². The van der Waals surface area contributed by atoms with Crippen molar-refractivity contribution in [3.63, 3.8) is 0 Å². The number of aromatic carboxylic acids is 1. The first kappa shape index (κ1) is 19.7. The van der Waals surface area contributed by atoms with Gasteiger partial charge in [-0.15, -0.1) is 0 Å². The van der Waals surface area contributed by atoms with Gasteiger partial charge in [-0.3, -0.25) is 0 Å². The van der Waals surface area contributed by atoms with Gasteiger partial charge >= 0.3 is 5.97 Å². The van der Waals surface area contributed by atoms with Crippen molar-refractivity contribution in [2.45, 2.75) is 20.0 Å². The molecule has 0 amide bonds. The zero-order valence-corrected chi connectivity index (χ0v) is 16.1. The Morgan fingerprint density at radius 3 is 2.57 bits per heavy atom. The molecule has 0 bridgehead atoms. The zero-order valence-electron chi connectivity index (χ0n) is 15.4. The molecule has 0 aliphatic rings. The molecule has 6 heteroatoms. The lowest BCUT2D eigenvalue weighted by atomic mass is 10.1. The van der Waals surface area contributed by atoms with Gasteiger partial charge in [0.05, 0.1) is 23.6 Å². The summed E-state index contributed by atoms with van der Waals surface area (Å²) < 4.78 is 11.5. The summed E-state index contributed by atoms with van der Waals surface area (Å²) in [5.41, 5.74) is 1.78. The lowest BCUT2D eigenvalue weighted by molar-refractivity contribution is 0.0693. The van der Waals surface area contributed by atoms with Gasteiger partial charge in [-0.05, 0) is 48.9 Å². The molecule has 3 aromatic rings. The molecule has 28 heavy (non-hydrogen) atoms. The molecule has 0 saturated heterocycles. The number of para-hydroxylation sites is 1. The van der Waals surface area contributed by atoms with E-state index >= 15 is 0 Å². The number of ether oxygens (including phenoxy) is 2. The van der Waals surface area contributed by atoms with Gasteiger partial charge in [-0.1, -0.05) is 36.7 Å². The van der Waals surface area contributed by atoms with Gasteiger partial charge in [0.1, 0.15) is 18.1 Å². The van der Waals surface area contributed by atoms with Crippen LogP contribution in [0.2, 0.25) is 5.02 Å². The van der Waals surface area contributed by atoms with Crippen molar-refractivity contribution in [1.82, 2.24) is 4.98 Å². The van der Waals surface area contributed by atoms with Crippen LogP contribution >= 0.6 is 11.6 Å². The van der Waals surface area contributed by atoms with Gasteiger partial charge in [0.2, 0.25) is 0 Å². The predicted molar refractivity (Wildman–Crippen MR) is 108 cm³/mol. The van der Waals surface area contributed by atoms with E-state index in [0.717, 1.165) is 12.0 Å². The van der Waals surface area contributed by atoms with Crippen molar-refractivity contribution in [1.29, 1.82) is 0 Å². The molecular formula is C22H20ClNO4. The number of carboxylic acids is 1. The number of halogens is 1. The zero-order chi connectivity index (χ0) is 19.9. The first-order chi connectivity index (χ1) is 13.6. The highest BCUT2D eigenvalue weighted by atomic mass is 35.5. The number of carboxylic acid groups (broad SMARTS) is 1. The molecule has 0 spiro atoms. The molecule has 3 rings (SSSR count). The molecule has 1 aromatic heterocycles. The van der Waals surface area contributed by atoms with Crippen LogP contribution in [0.15, 0.2) is 60.7 Å². The molecule has 0 saturated carbocycles. The lowest BCUT2D eigenvalue weighted by Gasteiger charge is -2.13. The number of hydrogen-bond acceptors (Lipinski definition) is 4. The molecule has 144 valence electrons. The summed E-state index contributed by atoms with van der Waals surface area (Å²) in [7, 11) is 0. The lowest BCUT2D eigenvalue weighted by Crippen LogP contribution is -2.09. The highest BCUT2D eigenvalue weighted by Gasteiger charge is 2.16. The Kier molecular flexibility index (Phi) is 6.50. The largest absolute Gasteiger partial charge is 0.493 e. The number of aromatic nitrogens is 1. The number of hydrogen-bond donors (Lipinski definition) is 1. The fourth-order valence-corrected chi connectivity index (χ4v) is 2.83. The molecule has 1 N–H and O–H groups in total. The first-order valence-corrected chi connectivity index (χ1v) is 9.30. The fraction of sp³-hybridized carbons (Fsp3) is 0.182. The van der Waals surface area contributed by atoms with Crippen molar-refractivity contribution in [2.75, 3.05) is 6.61 Å². The van der Waals surface area contributed by atoms with Gasteiger partial charge in [0.15, 0.2) is 0 Å². The molecule has 0 atom stereocenters. The second-order valence-corrected chi connectivity index (χ2v) is 6.52. The molecule has 0 fully saturated rings. The van der Waals surface area contributed by atoms with E-state index in [-0.39, 0.29) is 12.2 Å². The van der Waals surface area contributed by atoms with E-state index in [2.05, 4.69) is 4.98 Å². The highest BCUT2D eigenvalue weighted by Crippen LogP contribution is 2.32. The normalized spacial score (nSPS) is 10.5. The smallest absolute Gasteiger partial charge is 0.337 e. The van der Waals surface area contributed by atoms with Crippen LogP contribution in [0.1, 0.15) is 29.4 Å². The standard InChI is InChI=1S/C22H20ClNO4/c1-2-12-27-21-13-15(23)8-9-17(21)19-11-10-18(22(25)26)20(24-19)14-28-16-6-4-3-5-7-16/h3-11,13H,2,12,14H2,1H3,(H,25,26). The maximum Gasteiger partial charge on any atom is 0.337 e. The second kappa shape index (κ2) is 9.24. The van der Waals surface area contributed by atoms with E-state index < -0.39 is 5.97 Å². The number of nitrogens with zero attached hydrogens (tertiary/aromatic N) is 1. The maximum atomic E-state index is 11.6. The average Bonchev–Trinajstić information content (AvgIpc) is 2.71.